The van der Waals surface area contributed by atoms with Crippen LogP contribution in [0.25, 0.3) is 0 Å². The number of benzene rings is 2. The van der Waals surface area contributed by atoms with Gasteiger partial charge < -0.3 is 0 Å². The van der Waals surface area contributed by atoms with Gasteiger partial charge in [-0.25, -0.2) is 0 Å². The molecule has 0 aliphatic rings. The number of nitrogens with zero attached hydrogens (tertiary/aromatic N) is 1. The van der Waals surface area contributed by atoms with Gasteiger partial charge in [0.1, 0.15) is 0 Å². The van der Waals surface area contributed by atoms with Crippen molar-refractivity contribution in [2.24, 2.45) is 0 Å². The molecule has 0 bridgehead atoms. The third-order valence-electron chi connectivity index (χ3n) is 3.74. The van der Waals surface area contributed by atoms with Crippen LogP contribution >= 0.6 is 0 Å². The molecule has 2 aromatic carbocycles. The minimum Gasteiger partial charge on any atom is -0.192 e. The van der Waals surface area contributed by atoms with Crippen LogP contribution in [0.2, 0.25) is 0 Å². The second kappa shape index (κ2) is 8.06. The normalized spacial score (nSPS) is 9.68. The van der Waals surface area contributed by atoms with Crippen molar-refractivity contribution in [3.63, 3.8) is 0 Å². The fraction of sp³-hybridized carbons (Fsp3) is 0.286. The first kappa shape index (κ1) is 15.9. The Morgan fingerprint density at radius 2 is 1.59 bits per heavy atom. The van der Waals surface area contributed by atoms with E-state index in [1.165, 1.54) is 18.4 Å². The SMILES string of the molecule is CCCCc1ccc(C#Cc2ccc(CC)c(C#N)c2)cc1. The topological polar surface area (TPSA) is 23.8 Å². The van der Waals surface area contributed by atoms with Crippen molar-refractivity contribution < 1.29 is 0 Å². The van der Waals surface area contributed by atoms with Crippen molar-refractivity contribution in [2.75, 3.05) is 0 Å². The third-order valence-corrected chi connectivity index (χ3v) is 3.74. The summed E-state index contributed by atoms with van der Waals surface area (Å²) in [7, 11) is 0. The average molecular weight is 287 g/mol. The van der Waals surface area contributed by atoms with E-state index in [2.05, 4.69) is 56.0 Å². The molecule has 22 heavy (non-hydrogen) atoms. The van der Waals surface area contributed by atoms with E-state index in [-0.39, 0.29) is 0 Å². The molecule has 1 heteroatoms. The van der Waals surface area contributed by atoms with E-state index in [0.717, 1.165) is 35.1 Å². The van der Waals surface area contributed by atoms with E-state index in [9.17, 15) is 0 Å². The zero-order valence-electron chi connectivity index (χ0n) is 13.3. The molecule has 0 amide bonds. The summed E-state index contributed by atoms with van der Waals surface area (Å²) in [5.74, 6) is 6.32. The van der Waals surface area contributed by atoms with Crippen molar-refractivity contribution in [2.45, 2.75) is 39.5 Å². The van der Waals surface area contributed by atoms with Crippen LogP contribution in [0.5, 0.6) is 0 Å². The maximum atomic E-state index is 9.16. The Morgan fingerprint density at radius 3 is 2.23 bits per heavy atom. The van der Waals surface area contributed by atoms with Crippen molar-refractivity contribution >= 4 is 0 Å². The van der Waals surface area contributed by atoms with Gasteiger partial charge in [0.25, 0.3) is 0 Å². The lowest BCUT2D eigenvalue weighted by molar-refractivity contribution is 0.795. The number of unbranched alkanes of at least 4 members (excludes halogenated alkanes) is 1. The van der Waals surface area contributed by atoms with Gasteiger partial charge in [-0.2, -0.15) is 5.26 Å². The summed E-state index contributed by atoms with van der Waals surface area (Å²) in [5.41, 5.74) is 5.08. The van der Waals surface area contributed by atoms with E-state index >= 15 is 0 Å². The Morgan fingerprint density at radius 1 is 0.909 bits per heavy atom. The zero-order valence-corrected chi connectivity index (χ0v) is 13.3. The van der Waals surface area contributed by atoms with E-state index < -0.39 is 0 Å². The summed E-state index contributed by atoms with van der Waals surface area (Å²) < 4.78 is 0. The van der Waals surface area contributed by atoms with Gasteiger partial charge in [0, 0.05) is 11.1 Å². The Balaban J connectivity index is 2.15. The second-order valence-electron chi connectivity index (χ2n) is 5.39. The van der Waals surface area contributed by atoms with Gasteiger partial charge in [-0.05, 0) is 54.7 Å². The van der Waals surface area contributed by atoms with Gasteiger partial charge in [0.05, 0.1) is 11.6 Å². The molecule has 0 saturated heterocycles. The molecule has 2 rings (SSSR count). The minimum atomic E-state index is 0.726. The first-order chi connectivity index (χ1) is 10.8. The lowest BCUT2D eigenvalue weighted by Gasteiger charge is -2.00. The molecule has 0 heterocycles. The molecule has 0 radical (unpaired) electrons. The lowest BCUT2D eigenvalue weighted by atomic mass is 10.0. The fourth-order valence-electron chi connectivity index (χ4n) is 2.35. The standard InChI is InChI=1S/C21H21N/c1-3-5-6-17-7-9-18(10-8-17)11-12-19-13-14-20(4-2)21(15-19)16-22/h7-10,13-15H,3-6H2,1-2H3. The number of hydrogen-bond acceptors (Lipinski definition) is 1. The third kappa shape index (κ3) is 4.24. The highest BCUT2D eigenvalue weighted by Gasteiger charge is 2.00. The predicted molar refractivity (Wildman–Crippen MR) is 91.6 cm³/mol. The summed E-state index contributed by atoms with van der Waals surface area (Å²) in [6.45, 7) is 4.26. The van der Waals surface area contributed by atoms with Gasteiger partial charge in [-0.1, -0.05) is 50.3 Å². The van der Waals surface area contributed by atoms with Crippen LogP contribution in [-0.2, 0) is 12.8 Å². The second-order valence-corrected chi connectivity index (χ2v) is 5.39. The van der Waals surface area contributed by atoms with Gasteiger partial charge in [0.2, 0.25) is 0 Å². The number of nitriles is 1. The molecule has 0 fully saturated rings. The number of aryl methyl sites for hydroxylation is 2. The Bertz CT molecular complexity index is 721. The van der Waals surface area contributed by atoms with Crippen LogP contribution < -0.4 is 0 Å². The van der Waals surface area contributed by atoms with Gasteiger partial charge >= 0.3 is 0 Å². The van der Waals surface area contributed by atoms with E-state index in [1.54, 1.807) is 0 Å². The van der Waals surface area contributed by atoms with E-state index in [4.69, 9.17) is 5.26 Å². The van der Waals surface area contributed by atoms with E-state index in [0.29, 0.717) is 0 Å². The van der Waals surface area contributed by atoms with Gasteiger partial charge in [-0.15, -0.1) is 0 Å². The number of rotatable bonds is 4. The Labute approximate surface area is 133 Å². The summed E-state index contributed by atoms with van der Waals surface area (Å²) >= 11 is 0. The highest BCUT2D eigenvalue weighted by atomic mass is 14.2. The van der Waals surface area contributed by atoms with Crippen molar-refractivity contribution in [1.82, 2.24) is 0 Å². The van der Waals surface area contributed by atoms with Crippen molar-refractivity contribution in [3.05, 3.63) is 70.3 Å². The molecule has 0 aromatic heterocycles. The van der Waals surface area contributed by atoms with Crippen LogP contribution in [0.1, 0.15) is 54.5 Å². The monoisotopic (exact) mass is 287 g/mol. The van der Waals surface area contributed by atoms with Crippen LogP contribution in [0.15, 0.2) is 42.5 Å². The van der Waals surface area contributed by atoms with Crippen LogP contribution in [0, 0.1) is 23.2 Å². The molecular weight excluding hydrogens is 266 g/mol. The smallest absolute Gasteiger partial charge is 0.0994 e. The summed E-state index contributed by atoms with van der Waals surface area (Å²) in [4.78, 5) is 0. The van der Waals surface area contributed by atoms with E-state index in [1.807, 2.05) is 18.2 Å². The fourth-order valence-corrected chi connectivity index (χ4v) is 2.35. The first-order valence-corrected chi connectivity index (χ1v) is 7.90. The molecule has 0 atom stereocenters. The molecule has 0 N–H and O–H groups in total. The largest absolute Gasteiger partial charge is 0.192 e. The summed E-state index contributed by atoms with van der Waals surface area (Å²) in [5, 5.41) is 9.16. The molecule has 0 spiro atoms. The molecule has 1 nitrogen and oxygen atoms in total. The molecule has 0 aliphatic heterocycles. The molecule has 0 unspecified atom stereocenters. The van der Waals surface area contributed by atoms with Crippen LogP contribution in [0.4, 0.5) is 0 Å². The molecule has 0 aliphatic carbocycles. The maximum absolute atomic E-state index is 9.16. The Kier molecular flexibility index (Phi) is 5.81. The summed E-state index contributed by atoms with van der Waals surface area (Å²) in [6, 6.07) is 16.6. The molecule has 110 valence electrons. The lowest BCUT2D eigenvalue weighted by Crippen LogP contribution is -1.88. The molecule has 2 aromatic rings. The average Bonchev–Trinajstić information content (AvgIpc) is 2.58. The number of hydrogen-bond donors (Lipinski definition) is 0. The van der Waals surface area contributed by atoms with Crippen LogP contribution in [0.3, 0.4) is 0 Å². The highest BCUT2D eigenvalue weighted by molar-refractivity contribution is 5.49. The van der Waals surface area contributed by atoms with Crippen molar-refractivity contribution in [1.29, 1.82) is 5.26 Å². The van der Waals surface area contributed by atoms with Gasteiger partial charge in [-0.3, -0.25) is 0 Å². The Hall–Kier alpha value is -2.51. The van der Waals surface area contributed by atoms with Gasteiger partial charge in [0.15, 0.2) is 0 Å². The van der Waals surface area contributed by atoms with Crippen molar-refractivity contribution in [3.8, 4) is 17.9 Å². The summed E-state index contributed by atoms with van der Waals surface area (Å²) in [6.07, 6.45) is 4.45. The quantitative estimate of drug-likeness (QED) is 0.736. The first-order valence-electron chi connectivity index (χ1n) is 7.90. The maximum Gasteiger partial charge on any atom is 0.0994 e. The molecule has 0 saturated carbocycles. The minimum absolute atomic E-state index is 0.726. The molecular formula is C21H21N. The predicted octanol–water partition coefficient (Wildman–Crippen LogP) is 4.86. The zero-order chi connectivity index (χ0) is 15.8. The highest BCUT2D eigenvalue weighted by Crippen LogP contribution is 2.12. The van der Waals surface area contributed by atoms with Crippen LogP contribution in [-0.4, -0.2) is 0 Å².